The monoisotopic (exact) mass is 468 g/mol. The molecule has 1 saturated carbocycles. The SMILES string of the molecule is CN(C(=O)CSc1nnc(C2CC2)n1Cc1ccccc1)C(c1ccccc1)c1ccccc1. The van der Waals surface area contributed by atoms with E-state index in [1.165, 1.54) is 17.3 Å². The van der Waals surface area contributed by atoms with Crippen molar-refractivity contribution in [2.24, 2.45) is 0 Å². The van der Waals surface area contributed by atoms with E-state index in [4.69, 9.17) is 0 Å². The first-order valence-electron chi connectivity index (χ1n) is 11.7. The number of aromatic nitrogens is 3. The standard InChI is InChI=1S/C28H28N4OS/c1-31(26(22-13-7-3-8-14-22)23-15-9-4-10-16-23)25(33)20-34-28-30-29-27(24-17-18-24)32(28)19-21-11-5-2-6-12-21/h2-16,24,26H,17-20H2,1H3. The summed E-state index contributed by atoms with van der Waals surface area (Å²) in [5.74, 6) is 1.90. The maximum atomic E-state index is 13.4. The van der Waals surface area contributed by atoms with E-state index in [-0.39, 0.29) is 11.9 Å². The van der Waals surface area contributed by atoms with Gasteiger partial charge in [-0.05, 0) is 29.5 Å². The maximum Gasteiger partial charge on any atom is 0.233 e. The fraction of sp³-hybridized carbons (Fsp3) is 0.250. The van der Waals surface area contributed by atoms with Crippen molar-refractivity contribution in [3.05, 3.63) is 114 Å². The van der Waals surface area contributed by atoms with Crippen LogP contribution in [0.1, 0.15) is 47.3 Å². The topological polar surface area (TPSA) is 51.0 Å². The molecule has 0 radical (unpaired) electrons. The molecule has 1 amide bonds. The second-order valence-electron chi connectivity index (χ2n) is 8.70. The molecule has 5 rings (SSSR count). The van der Waals surface area contributed by atoms with Crippen LogP contribution in [0.2, 0.25) is 0 Å². The largest absolute Gasteiger partial charge is 0.334 e. The first-order chi connectivity index (χ1) is 16.7. The van der Waals surface area contributed by atoms with Gasteiger partial charge in [-0.2, -0.15) is 0 Å². The highest BCUT2D eigenvalue weighted by Gasteiger charge is 2.31. The molecule has 34 heavy (non-hydrogen) atoms. The molecule has 172 valence electrons. The highest BCUT2D eigenvalue weighted by Crippen LogP contribution is 2.40. The predicted molar refractivity (Wildman–Crippen MR) is 136 cm³/mol. The number of amides is 1. The minimum Gasteiger partial charge on any atom is -0.334 e. The summed E-state index contributed by atoms with van der Waals surface area (Å²) in [5.41, 5.74) is 3.40. The number of hydrogen-bond acceptors (Lipinski definition) is 4. The number of nitrogens with zero attached hydrogens (tertiary/aromatic N) is 4. The second-order valence-corrected chi connectivity index (χ2v) is 9.65. The summed E-state index contributed by atoms with van der Waals surface area (Å²) < 4.78 is 2.19. The zero-order valence-corrected chi connectivity index (χ0v) is 20.1. The van der Waals surface area contributed by atoms with Gasteiger partial charge in [-0.25, -0.2) is 0 Å². The molecule has 4 aromatic rings. The van der Waals surface area contributed by atoms with E-state index in [9.17, 15) is 4.79 Å². The number of carbonyl (C=O) groups is 1. The van der Waals surface area contributed by atoms with Crippen molar-refractivity contribution < 1.29 is 4.79 Å². The van der Waals surface area contributed by atoms with Gasteiger partial charge >= 0.3 is 0 Å². The Morgan fingerprint density at radius 3 is 2.03 bits per heavy atom. The van der Waals surface area contributed by atoms with Crippen molar-refractivity contribution in [3.8, 4) is 0 Å². The Bertz CT molecular complexity index is 1180. The van der Waals surface area contributed by atoms with E-state index >= 15 is 0 Å². The minimum absolute atomic E-state index is 0.0601. The van der Waals surface area contributed by atoms with Gasteiger partial charge in [0.15, 0.2) is 5.16 Å². The Morgan fingerprint density at radius 2 is 1.47 bits per heavy atom. The van der Waals surface area contributed by atoms with Gasteiger partial charge in [0.25, 0.3) is 0 Å². The zero-order valence-electron chi connectivity index (χ0n) is 19.2. The van der Waals surface area contributed by atoms with Crippen LogP contribution in [-0.4, -0.2) is 38.4 Å². The average molecular weight is 469 g/mol. The van der Waals surface area contributed by atoms with Gasteiger partial charge in [0.1, 0.15) is 5.82 Å². The van der Waals surface area contributed by atoms with Crippen molar-refractivity contribution in [2.75, 3.05) is 12.8 Å². The van der Waals surface area contributed by atoms with Gasteiger partial charge in [0.2, 0.25) is 5.91 Å². The van der Waals surface area contributed by atoms with Crippen molar-refractivity contribution in [2.45, 2.75) is 36.5 Å². The number of benzene rings is 3. The Hall–Kier alpha value is -3.38. The Morgan fingerprint density at radius 1 is 0.912 bits per heavy atom. The molecule has 0 bridgehead atoms. The van der Waals surface area contributed by atoms with Crippen molar-refractivity contribution in [1.29, 1.82) is 0 Å². The fourth-order valence-corrected chi connectivity index (χ4v) is 5.12. The Kier molecular flexibility index (Phi) is 6.77. The molecule has 1 aliphatic carbocycles. The molecule has 0 aliphatic heterocycles. The molecule has 3 aromatic carbocycles. The van der Waals surface area contributed by atoms with Crippen molar-refractivity contribution in [3.63, 3.8) is 0 Å². The van der Waals surface area contributed by atoms with Crippen LogP contribution >= 0.6 is 11.8 Å². The van der Waals surface area contributed by atoms with Gasteiger partial charge in [0.05, 0.1) is 18.3 Å². The highest BCUT2D eigenvalue weighted by atomic mass is 32.2. The maximum absolute atomic E-state index is 13.4. The molecule has 1 fully saturated rings. The Balaban J connectivity index is 1.34. The normalized spacial score (nSPS) is 13.2. The molecule has 0 N–H and O–H groups in total. The molecule has 1 aromatic heterocycles. The lowest BCUT2D eigenvalue weighted by Crippen LogP contribution is -2.33. The van der Waals surface area contributed by atoms with Crippen LogP contribution in [0.4, 0.5) is 0 Å². The van der Waals surface area contributed by atoms with Crippen LogP contribution < -0.4 is 0 Å². The molecule has 1 heterocycles. The summed E-state index contributed by atoms with van der Waals surface area (Å²) in [5, 5.41) is 9.77. The van der Waals surface area contributed by atoms with Crippen LogP contribution in [0.3, 0.4) is 0 Å². The summed E-state index contributed by atoms with van der Waals surface area (Å²) in [6.45, 7) is 0.725. The van der Waals surface area contributed by atoms with E-state index < -0.39 is 0 Å². The third-order valence-electron chi connectivity index (χ3n) is 6.21. The molecular weight excluding hydrogens is 440 g/mol. The lowest BCUT2D eigenvalue weighted by molar-refractivity contribution is -0.128. The predicted octanol–water partition coefficient (Wildman–Crippen LogP) is 5.54. The van der Waals surface area contributed by atoms with Crippen LogP contribution in [0.15, 0.2) is 96.2 Å². The smallest absolute Gasteiger partial charge is 0.233 e. The summed E-state index contributed by atoms with van der Waals surface area (Å²) in [6.07, 6.45) is 2.32. The van der Waals surface area contributed by atoms with Crippen LogP contribution in [0.25, 0.3) is 0 Å². The van der Waals surface area contributed by atoms with Gasteiger partial charge < -0.3 is 9.47 Å². The molecule has 0 saturated heterocycles. The summed E-state index contributed by atoms with van der Waals surface area (Å²) in [4.78, 5) is 15.2. The van der Waals surface area contributed by atoms with Gasteiger partial charge in [-0.3, -0.25) is 4.79 Å². The number of rotatable bonds is 9. The minimum atomic E-state index is -0.139. The summed E-state index contributed by atoms with van der Waals surface area (Å²) in [6, 6.07) is 30.6. The molecule has 0 unspecified atom stereocenters. The van der Waals surface area contributed by atoms with E-state index in [0.717, 1.165) is 41.5 Å². The second kappa shape index (κ2) is 10.3. The Labute approximate surface area is 204 Å². The highest BCUT2D eigenvalue weighted by molar-refractivity contribution is 7.99. The lowest BCUT2D eigenvalue weighted by atomic mass is 9.97. The van der Waals surface area contributed by atoms with Crippen molar-refractivity contribution >= 4 is 17.7 Å². The molecule has 5 nitrogen and oxygen atoms in total. The van der Waals surface area contributed by atoms with E-state index in [0.29, 0.717) is 11.7 Å². The average Bonchev–Trinajstić information content (AvgIpc) is 3.66. The number of thioether (sulfide) groups is 1. The van der Waals surface area contributed by atoms with E-state index in [1.54, 1.807) is 0 Å². The number of carbonyl (C=O) groups excluding carboxylic acids is 1. The van der Waals surface area contributed by atoms with Crippen LogP contribution in [0.5, 0.6) is 0 Å². The lowest BCUT2D eigenvalue weighted by Gasteiger charge is -2.29. The zero-order chi connectivity index (χ0) is 23.3. The molecule has 1 aliphatic rings. The third kappa shape index (κ3) is 5.07. The quantitative estimate of drug-likeness (QED) is 0.303. The van der Waals surface area contributed by atoms with Crippen molar-refractivity contribution in [1.82, 2.24) is 19.7 Å². The van der Waals surface area contributed by atoms with Gasteiger partial charge in [0, 0.05) is 13.0 Å². The van der Waals surface area contributed by atoms with Gasteiger partial charge in [-0.15, -0.1) is 10.2 Å². The van der Waals surface area contributed by atoms with E-state index in [1.807, 2.05) is 54.4 Å². The molecule has 0 spiro atoms. The molecule has 0 atom stereocenters. The summed E-state index contributed by atoms with van der Waals surface area (Å²) in [7, 11) is 1.89. The van der Waals surface area contributed by atoms with E-state index in [2.05, 4.69) is 63.3 Å². The van der Waals surface area contributed by atoms with Crippen LogP contribution in [-0.2, 0) is 11.3 Å². The molecule has 6 heteroatoms. The van der Waals surface area contributed by atoms with Crippen LogP contribution in [0, 0.1) is 0 Å². The first-order valence-corrected chi connectivity index (χ1v) is 12.6. The first kappa shape index (κ1) is 22.4. The summed E-state index contributed by atoms with van der Waals surface area (Å²) >= 11 is 1.47. The van der Waals surface area contributed by atoms with Gasteiger partial charge in [-0.1, -0.05) is 103 Å². The fourth-order valence-electron chi connectivity index (χ4n) is 4.25. The molecular formula is C28H28N4OS. The third-order valence-corrected chi connectivity index (χ3v) is 7.16. The number of hydrogen-bond donors (Lipinski definition) is 0.